The molecule has 0 spiro atoms. The van der Waals surface area contributed by atoms with E-state index in [1.54, 1.807) is 4.90 Å². The van der Waals surface area contributed by atoms with Crippen molar-refractivity contribution in [3.05, 3.63) is 199 Å². The Labute approximate surface area is 332 Å². The van der Waals surface area contributed by atoms with Crippen molar-refractivity contribution in [2.24, 2.45) is 0 Å². The summed E-state index contributed by atoms with van der Waals surface area (Å²) < 4.78 is 143. The fourth-order valence-electron chi connectivity index (χ4n) is 7.36. The van der Waals surface area contributed by atoms with E-state index < -0.39 is 135 Å². The van der Waals surface area contributed by atoms with Crippen molar-refractivity contribution in [2.75, 3.05) is 4.90 Å². The molecule has 0 unspecified atom stereocenters. The molecule has 2 heteroatoms. The molecule has 8 aromatic rings. The van der Waals surface area contributed by atoms with Crippen LogP contribution in [0.2, 0.25) is 0 Å². The molecular formula is C51H37NO. The summed E-state index contributed by atoms with van der Waals surface area (Å²) in [6.07, 6.45) is 0. The van der Waals surface area contributed by atoms with Gasteiger partial charge < -0.3 is 9.64 Å². The molecule has 2 aliphatic rings. The zero-order valence-corrected chi connectivity index (χ0v) is 28.6. The predicted octanol–water partition coefficient (Wildman–Crippen LogP) is 14.2. The summed E-state index contributed by atoms with van der Waals surface area (Å²) in [5.41, 5.74) is 3.47. The Hall–Kier alpha value is -6.64. The van der Waals surface area contributed by atoms with Gasteiger partial charge in [-0.25, -0.2) is 0 Å². The van der Waals surface area contributed by atoms with Gasteiger partial charge in [-0.2, -0.15) is 0 Å². The van der Waals surface area contributed by atoms with Crippen LogP contribution >= 0.6 is 0 Å². The third kappa shape index (κ3) is 5.18. The van der Waals surface area contributed by atoms with Crippen LogP contribution in [0.25, 0.3) is 55.6 Å². The van der Waals surface area contributed by atoms with Crippen LogP contribution < -0.4 is 9.64 Å². The first-order valence-corrected chi connectivity index (χ1v) is 17.1. The van der Waals surface area contributed by atoms with E-state index >= 15 is 0 Å². The van der Waals surface area contributed by atoms with Crippen LogP contribution in [0.1, 0.15) is 45.5 Å². The molecule has 0 atom stereocenters. The molecule has 0 saturated carbocycles. The number of benzene rings is 8. The fraction of sp³-hybridized carbons (Fsp3) is 0.0588. The molecule has 252 valence electrons. The van der Waals surface area contributed by atoms with Crippen molar-refractivity contribution in [1.82, 2.24) is 0 Å². The van der Waals surface area contributed by atoms with Crippen LogP contribution in [0.4, 0.5) is 17.1 Å². The van der Waals surface area contributed by atoms with Gasteiger partial charge in [0.15, 0.2) is 0 Å². The molecular weight excluding hydrogens is 643 g/mol. The number of hydrogen-bond acceptors (Lipinski definition) is 2. The summed E-state index contributed by atoms with van der Waals surface area (Å²) >= 11 is 0. The minimum absolute atomic E-state index is 0.152. The van der Waals surface area contributed by atoms with Crippen LogP contribution in [0, 0.1) is 0 Å². The average Bonchev–Trinajstić information content (AvgIpc) is 3.45. The van der Waals surface area contributed by atoms with E-state index in [0.717, 1.165) is 33.4 Å². The Morgan fingerprint density at radius 1 is 0.434 bits per heavy atom. The summed E-state index contributed by atoms with van der Waals surface area (Å²) in [5, 5.41) is 0. The van der Waals surface area contributed by atoms with Crippen molar-refractivity contribution in [3.63, 3.8) is 0 Å². The number of fused-ring (bicyclic) bond motifs is 8. The average molecular weight is 695 g/mol. The molecule has 1 aliphatic carbocycles. The topological polar surface area (TPSA) is 12.5 Å². The molecule has 53 heavy (non-hydrogen) atoms. The lowest BCUT2D eigenvalue weighted by atomic mass is 9.82. The molecule has 10 rings (SSSR count). The Balaban J connectivity index is 1.29. The first-order valence-electron chi connectivity index (χ1n) is 24.6. The van der Waals surface area contributed by atoms with Crippen molar-refractivity contribution < 1.29 is 25.3 Å². The van der Waals surface area contributed by atoms with Crippen LogP contribution in [0.5, 0.6) is 11.5 Å². The highest BCUT2D eigenvalue weighted by Crippen LogP contribution is 2.52. The van der Waals surface area contributed by atoms with E-state index in [-0.39, 0.29) is 11.3 Å². The van der Waals surface area contributed by atoms with Gasteiger partial charge in [-0.05, 0) is 110 Å². The second-order valence-electron chi connectivity index (χ2n) is 13.4. The third-order valence-corrected chi connectivity index (χ3v) is 9.97. The summed E-state index contributed by atoms with van der Waals surface area (Å²) in [5.74, 6) is -1.16. The van der Waals surface area contributed by atoms with Crippen LogP contribution in [0.15, 0.2) is 188 Å². The van der Waals surface area contributed by atoms with E-state index in [1.807, 2.05) is 84.9 Å². The lowest BCUT2D eigenvalue weighted by Gasteiger charge is -2.29. The SMILES string of the molecule is [2H]c1c([2H])c([2H])c(-c2c([2H])c([2H])c3c(c2[2H])-c2c([2H])c([2H])c([2H])c([2H])c2-c2c([2H])c(N(c4ccc(-c5ccccc5)cc4)c4ccc5c(c4)C(C)(C)c4ccccc4-5)c([2H])c([2H])c2O3)c([2H])c1[2H]. The van der Waals surface area contributed by atoms with Gasteiger partial charge in [-0.3, -0.25) is 0 Å². The van der Waals surface area contributed by atoms with Gasteiger partial charge in [-0.1, -0.05) is 147 Å². The van der Waals surface area contributed by atoms with Crippen molar-refractivity contribution >= 4 is 17.1 Å². The second kappa shape index (κ2) is 12.3. The van der Waals surface area contributed by atoms with Gasteiger partial charge in [0.1, 0.15) is 11.5 Å². The van der Waals surface area contributed by atoms with E-state index in [1.165, 1.54) is 0 Å². The first-order chi connectivity index (χ1) is 32.3. The smallest absolute Gasteiger partial charge is 0.135 e. The monoisotopic (exact) mass is 694 g/mol. The molecule has 1 aliphatic heterocycles. The number of ether oxygens (including phenoxy) is 1. The van der Waals surface area contributed by atoms with Gasteiger partial charge in [-0.15, -0.1) is 0 Å². The maximum Gasteiger partial charge on any atom is 0.135 e. The Kier molecular flexibility index (Phi) is 4.45. The van der Waals surface area contributed by atoms with Crippen molar-refractivity contribution in [3.8, 4) is 67.1 Å². The molecule has 0 radical (unpaired) electrons. The highest BCUT2D eigenvalue weighted by Gasteiger charge is 2.36. The molecule has 0 fully saturated rings. The largest absolute Gasteiger partial charge is 0.456 e. The lowest BCUT2D eigenvalue weighted by molar-refractivity contribution is 0.488. The molecule has 2 nitrogen and oxygen atoms in total. The van der Waals surface area contributed by atoms with E-state index in [4.69, 9.17) is 15.7 Å². The highest BCUT2D eigenvalue weighted by molar-refractivity contribution is 5.94. The number of anilines is 3. The molecule has 0 bridgehead atoms. The maximum absolute atomic E-state index is 10.2. The zero-order chi connectivity index (χ0) is 48.6. The summed E-state index contributed by atoms with van der Waals surface area (Å²) in [6.45, 7) is 4.23. The Morgan fingerprint density at radius 3 is 1.83 bits per heavy atom. The van der Waals surface area contributed by atoms with Gasteiger partial charge in [0.05, 0.1) is 20.6 Å². The number of nitrogens with zero attached hydrogens (tertiary/aromatic N) is 1. The Bertz CT molecular complexity index is 3490. The van der Waals surface area contributed by atoms with Crippen LogP contribution in [-0.2, 0) is 5.41 Å². The predicted molar refractivity (Wildman–Crippen MR) is 221 cm³/mol. The Morgan fingerprint density at radius 2 is 1.06 bits per heavy atom. The first kappa shape index (κ1) is 19.3. The van der Waals surface area contributed by atoms with Gasteiger partial charge in [0.25, 0.3) is 0 Å². The molecule has 1 heterocycles. The molecule has 8 aromatic carbocycles. The van der Waals surface area contributed by atoms with Crippen LogP contribution in [-0.4, -0.2) is 0 Å². The van der Waals surface area contributed by atoms with Gasteiger partial charge in [0, 0.05) is 33.6 Å². The minimum Gasteiger partial charge on any atom is -0.456 e. The molecule has 0 N–H and O–H groups in total. The molecule has 0 aromatic heterocycles. The van der Waals surface area contributed by atoms with Gasteiger partial charge in [0.2, 0.25) is 0 Å². The number of hydrogen-bond donors (Lipinski definition) is 0. The standard InChI is InChI=1S/C51H37NO/c1-51(2)47-20-12-11-19-43(47)44-28-26-40(33-48(44)51)52(38-24-21-36(22-25-38)34-13-5-3-6-14-34)39-27-30-50-46(32-39)42-18-10-9-17-41(42)45-31-37(23-29-49(45)53-50)35-15-7-4-8-16-35/h3-33H,1-2H3/i4D,7D,8D,9D,10D,15D,16D,17D,18D,23D,27D,29D,30D,31D,32D. The van der Waals surface area contributed by atoms with Crippen molar-refractivity contribution in [1.29, 1.82) is 0 Å². The summed E-state index contributed by atoms with van der Waals surface area (Å²) in [6, 6.07) is 20.3. The summed E-state index contributed by atoms with van der Waals surface area (Å²) in [4.78, 5) is 1.66. The normalized spacial score (nSPS) is 17.0. The fourth-order valence-corrected chi connectivity index (χ4v) is 7.36. The minimum atomic E-state index is -0.801. The quantitative estimate of drug-likeness (QED) is 0.178. The summed E-state index contributed by atoms with van der Waals surface area (Å²) in [7, 11) is 0. The van der Waals surface area contributed by atoms with Crippen LogP contribution in [0.3, 0.4) is 0 Å². The van der Waals surface area contributed by atoms with E-state index in [9.17, 15) is 9.60 Å². The van der Waals surface area contributed by atoms with E-state index in [0.29, 0.717) is 11.4 Å². The lowest BCUT2D eigenvalue weighted by Crippen LogP contribution is -2.16. The zero-order valence-electron chi connectivity index (χ0n) is 43.6. The molecule has 0 saturated heterocycles. The maximum atomic E-state index is 10.2. The van der Waals surface area contributed by atoms with E-state index in [2.05, 4.69) is 26.0 Å². The van der Waals surface area contributed by atoms with Gasteiger partial charge >= 0.3 is 0 Å². The third-order valence-electron chi connectivity index (χ3n) is 9.97. The van der Waals surface area contributed by atoms with Crippen molar-refractivity contribution in [2.45, 2.75) is 19.3 Å². The second-order valence-corrected chi connectivity index (χ2v) is 13.4. The molecule has 0 amide bonds. The number of rotatable bonds is 5. The highest BCUT2D eigenvalue weighted by atomic mass is 16.5.